The lowest BCUT2D eigenvalue weighted by Gasteiger charge is -2.39. The Morgan fingerprint density at radius 3 is 2.21 bits per heavy atom. The molecule has 0 radical (unpaired) electrons. The van der Waals surface area contributed by atoms with E-state index in [4.69, 9.17) is 0 Å². The van der Waals surface area contributed by atoms with Gasteiger partial charge >= 0.3 is 0 Å². The first-order valence-electron chi connectivity index (χ1n) is 5.67. The van der Waals surface area contributed by atoms with E-state index < -0.39 is 0 Å². The fourth-order valence-electron chi connectivity index (χ4n) is 2.03. The normalized spacial score (nSPS) is 19.5. The average Bonchev–Trinajstić information content (AvgIpc) is 2.15. The van der Waals surface area contributed by atoms with Crippen molar-refractivity contribution in [3.63, 3.8) is 0 Å². The Morgan fingerprint density at radius 2 is 1.93 bits per heavy atom. The van der Waals surface area contributed by atoms with Gasteiger partial charge in [-0.1, -0.05) is 52.3 Å². The Balaban J connectivity index is 4.80. The second-order valence-electron chi connectivity index (χ2n) is 4.86. The second-order valence-corrected chi connectivity index (χ2v) is 4.86. The Kier molecular flexibility index (Phi) is 5.18. The van der Waals surface area contributed by atoms with E-state index in [2.05, 4.69) is 47.8 Å². The summed E-state index contributed by atoms with van der Waals surface area (Å²) in [6.07, 6.45) is 4.29. The highest BCUT2D eigenvalue weighted by molar-refractivity contribution is 5.10. The first-order valence-corrected chi connectivity index (χ1v) is 5.67. The van der Waals surface area contributed by atoms with Crippen LogP contribution in [0.15, 0.2) is 24.8 Å². The maximum absolute atomic E-state index is 4.14. The van der Waals surface area contributed by atoms with Gasteiger partial charge in [0.05, 0.1) is 0 Å². The van der Waals surface area contributed by atoms with Crippen LogP contribution in [0, 0.1) is 17.3 Å². The third kappa shape index (κ3) is 2.73. The zero-order valence-electron chi connectivity index (χ0n) is 10.6. The molecule has 0 N–H and O–H groups in total. The predicted molar refractivity (Wildman–Crippen MR) is 66.4 cm³/mol. The first-order chi connectivity index (χ1) is 6.40. The molecule has 3 unspecified atom stereocenters. The van der Waals surface area contributed by atoms with Gasteiger partial charge in [-0.05, 0) is 30.6 Å². The summed E-state index contributed by atoms with van der Waals surface area (Å²) in [6, 6.07) is 0. The van der Waals surface area contributed by atoms with Gasteiger partial charge in [-0.2, -0.15) is 0 Å². The highest BCUT2D eigenvalue weighted by Crippen LogP contribution is 2.42. The summed E-state index contributed by atoms with van der Waals surface area (Å²) in [4.78, 5) is 0. The van der Waals surface area contributed by atoms with Crippen LogP contribution in [0.5, 0.6) is 0 Å². The van der Waals surface area contributed by atoms with Crippen LogP contribution in [0.1, 0.15) is 47.5 Å². The highest BCUT2D eigenvalue weighted by atomic mass is 14.4. The molecule has 0 aliphatic carbocycles. The molecule has 82 valence electrons. The lowest BCUT2D eigenvalue weighted by atomic mass is 9.66. The molecule has 14 heavy (non-hydrogen) atoms. The van der Waals surface area contributed by atoms with Gasteiger partial charge in [0.2, 0.25) is 0 Å². The smallest absolute Gasteiger partial charge is 0.00593 e. The second kappa shape index (κ2) is 5.38. The van der Waals surface area contributed by atoms with Crippen molar-refractivity contribution in [1.29, 1.82) is 0 Å². The summed E-state index contributed by atoms with van der Waals surface area (Å²) in [5.41, 5.74) is 1.50. The van der Waals surface area contributed by atoms with Crippen molar-refractivity contribution in [2.75, 3.05) is 0 Å². The molecule has 0 bridgehead atoms. The molecule has 3 atom stereocenters. The van der Waals surface area contributed by atoms with Gasteiger partial charge in [-0.3, -0.25) is 0 Å². The van der Waals surface area contributed by atoms with Crippen molar-refractivity contribution in [2.24, 2.45) is 17.3 Å². The summed E-state index contributed by atoms with van der Waals surface area (Å²) in [7, 11) is 0. The zero-order chi connectivity index (χ0) is 11.4. The van der Waals surface area contributed by atoms with Gasteiger partial charge in [0.15, 0.2) is 0 Å². The summed E-state index contributed by atoms with van der Waals surface area (Å²) in [5, 5.41) is 0. The van der Waals surface area contributed by atoms with Crippen molar-refractivity contribution in [3.05, 3.63) is 24.8 Å². The highest BCUT2D eigenvalue weighted by Gasteiger charge is 2.33. The van der Waals surface area contributed by atoms with E-state index in [1.165, 1.54) is 12.0 Å². The molecule has 0 aliphatic rings. The topological polar surface area (TPSA) is 0 Å². The van der Waals surface area contributed by atoms with Crippen LogP contribution in [0.25, 0.3) is 0 Å². The number of hydrogen-bond acceptors (Lipinski definition) is 0. The van der Waals surface area contributed by atoms with Crippen LogP contribution in [-0.2, 0) is 0 Å². The molecule has 0 amide bonds. The number of hydrogen-bond donors (Lipinski definition) is 0. The third-order valence-electron chi connectivity index (χ3n) is 4.05. The quantitative estimate of drug-likeness (QED) is 0.531. The molecule has 0 aromatic rings. The molecular weight excluding hydrogens is 168 g/mol. The molecule has 0 rings (SSSR count). The minimum atomic E-state index is 0.219. The van der Waals surface area contributed by atoms with Crippen LogP contribution >= 0.6 is 0 Å². The van der Waals surface area contributed by atoms with Crippen LogP contribution in [0.2, 0.25) is 0 Å². The van der Waals surface area contributed by atoms with Gasteiger partial charge in [-0.25, -0.2) is 0 Å². The SMILES string of the molecule is C=CCC(C)(C(=C)C)C(C)C(C)CC. The van der Waals surface area contributed by atoms with Crippen molar-refractivity contribution in [2.45, 2.75) is 47.5 Å². The molecule has 0 saturated carbocycles. The molecule has 0 aromatic heterocycles. The maximum Gasteiger partial charge on any atom is -0.00593 e. The van der Waals surface area contributed by atoms with Crippen molar-refractivity contribution in [1.82, 2.24) is 0 Å². The van der Waals surface area contributed by atoms with Crippen LogP contribution in [-0.4, -0.2) is 0 Å². The molecule has 0 nitrogen and oxygen atoms in total. The Hall–Kier alpha value is -0.520. The minimum Gasteiger partial charge on any atom is -0.103 e. The molecule has 0 heterocycles. The standard InChI is InChI=1S/C14H26/c1-8-10-14(7,11(3)4)13(6)12(5)9-2/h8,12-13H,1,3,9-10H2,2,4-7H3. The van der Waals surface area contributed by atoms with Gasteiger partial charge in [0, 0.05) is 0 Å². The molecule has 0 aliphatic heterocycles. The zero-order valence-corrected chi connectivity index (χ0v) is 10.6. The Labute approximate surface area is 90.1 Å². The van der Waals surface area contributed by atoms with E-state index in [1.807, 2.05) is 6.08 Å². The van der Waals surface area contributed by atoms with Crippen molar-refractivity contribution < 1.29 is 0 Å². The third-order valence-corrected chi connectivity index (χ3v) is 4.05. The Bertz CT molecular complexity index is 202. The first kappa shape index (κ1) is 13.5. The van der Waals surface area contributed by atoms with Crippen LogP contribution in [0.4, 0.5) is 0 Å². The average molecular weight is 194 g/mol. The molecule has 0 fully saturated rings. The lowest BCUT2D eigenvalue weighted by molar-refractivity contribution is 0.184. The van der Waals surface area contributed by atoms with Crippen molar-refractivity contribution >= 4 is 0 Å². The monoisotopic (exact) mass is 194 g/mol. The summed E-state index contributed by atoms with van der Waals surface area (Å²) in [6.45, 7) is 19.4. The van der Waals surface area contributed by atoms with Gasteiger partial charge in [0.1, 0.15) is 0 Å². The van der Waals surface area contributed by atoms with E-state index in [0.717, 1.165) is 12.3 Å². The fraction of sp³-hybridized carbons (Fsp3) is 0.714. The van der Waals surface area contributed by atoms with Gasteiger partial charge in [0.25, 0.3) is 0 Å². The summed E-state index contributed by atoms with van der Waals surface area (Å²) in [5.74, 6) is 1.42. The Morgan fingerprint density at radius 1 is 1.43 bits per heavy atom. The summed E-state index contributed by atoms with van der Waals surface area (Å²) < 4.78 is 0. The molecule has 0 aromatic carbocycles. The fourth-order valence-corrected chi connectivity index (χ4v) is 2.03. The van der Waals surface area contributed by atoms with Crippen LogP contribution < -0.4 is 0 Å². The van der Waals surface area contributed by atoms with E-state index in [-0.39, 0.29) is 5.41 Å². The molecule has 0 saturated heterocycles. The van der Waals surface area contributed by atoms with Gasteiger partial charge in [-0.15, -0.1) is 6.58 Å². The number of rotatable bonds is 6. The maximum atomic E-state index is 4.14. The predicted octanol–water partition coefficient (Wildman–Crippen LogP) is 4.83. The van der Waals surface area contributed by atoms with E-state index in [0.29, 0.717) is 5.92 Å². The number of allylic oxidation sites excluding steroid dienone is 2. The van der Waals surface area contributed by atoms with E-state index >= 15 is 0 Å². The van der Waals surface area contributed by atoms with Crippen molar-refractivity contribution in [3.8, 4) is 0 Å². The molecule has 0 spiro atoms. The van der Waals surface area contributed by atoms with E-state index in [1.54, 1.807) is 0 Å². The van der Waals surface area contributed by atoms with Crippen LogP contribution in [0.3, 0.4) is 0 Å². The molecule has 0 heteroatoms. The van der Waals surface area contributed by atoms with E-state index in [9.17, 15) is 0 Å². The van der Waals surface area contributed by atoms with Gasteiger partial charge < -0.3 is 0 Å². The largest absolute Gasteiger partial charge is 0.103 e. The lowest BCUT2D eigenvalue weighted by Crippen LogP contribution is -2.30. The molecular formula is C14H26. The summed E-state index contributed by atoms with van der Waals surface area (Å²) >= 11 is 0. The minimum absolute atomic E-state index is 0.219.